The summed E-state index contributed by atoms with van der Waals surface area (Å²) in [6.07, 6.45) is 1.72. The number of benzene rings is 1. The Hall–Kier alpha value is -2.80. The van der Waals surface area contributed by atoms with Crippen molar-refractivity contribution in [3.63, 3.8) is 0 Å². The lowest BCUT2D eigenvalue weighted by atomic mass is 10.1. The number of pyridine rings is 1. The van der Waals surface area contributed by atoms with Crippen LogP contribution in [0.1, 0.15) is 15.9 Å². The largest absolute Gasteiger partial charge is 0.352 e. The van der Waals surface area contributed by atoms with Gasteiger partial charge in [0, 0.05) is 50.2 Å². The van der Waals surface area contributed by atoms with Gasteiger partial charge in [-0.2, -0.15) is 0 Å². The van der Waals surface area contributed by atoms with Gasteiger partial charge in [-0.15, -0.1) is 0 Å². The van der Waals surface area contributed by atoms with Crippen molar-refractivity contribution in [1.82, 2.24) is 15.2 Å². The lowest BCUT2D eigenvalue weighted by Gasteiger charge is -2.35. The first kappa shape index (κ1) is 16.7. The number of fused-ring (bicyclic) bond motifs is 1. The van der Waals surface area contributed by atoms with Gasteiger partial charge in [-0.25, -0.2) is 9.78 Å². The quantitative estimate of drug-likeness (QED) is 0.849. The molecule has 0 radical (unpaired) electrons. The van der Waals surface area contributed by atoms with Crippen molar-refractivity contribution in [3.05, 3.63) is 52.7 Å². The molecule has 0 aliphatic carbocycles. The molecule has 8 heteroatoms. The molecule has 2 N–H and O–H groups in total. The minimum Gasteiger partial charge on any atom is -0.352 e. The fraction of sp³-hybridized carbons (Fsp3) is 0.278. The Morgan fingerprint density at radius 3 is 2.73 bits per heavy atom. The number of halogens is 1. The highest BCUT2D eigenvalue weighted by atomic mass is 35.5. The van der Waals surface area contributed by atoms with Crippen molar-refractivity contribution < 1.29 is 9.59 Å². The third kappa shape index (κ3) is 3.17. The van der Waals surface area contributed by atoms with E-state index in [2.05, 4.69) is 20.5 Å². The number of piperazine rings is 1. The molecule has 3 heterocycles. The highest BCUT2D eigenvalue weighted by molar-refractivity contribution is 6.32. The van der Waals surface area contributed by atoms with Crippen LogP contribution < -0.4 is 15.5 Å². The number of hydrogen-bond acceptors (Lipinski definition) is 4. The number of anilines is 2. The van der Waals surface area contributed by atoms with Crippen molar-refractivity contribution in [3.8, 4) is 0 Å². The zero-order valence-corrected chi connectivity index (χ0v) is 14.8. The Morgan fingerprint density at radius 2 is 1.96 bits per heavy atom. The molecular formula is C18H18ClN5O2. The zero-order valence-electron chi connectivity index (χ0n) is 14.0. The van der Waals surface area contributed by atoms with Gasteiger partial charge in [0.1, 0.15) is 5.82 Å². The molecule has 2 aliphatic heterocycles. The normalized spacial score (nSPS) is 16.6. The van der Waals surface area contributed by atoms with Crippen LogP contribution in [0.5, 0.6) is 0 Å². The molecule has 1 saturated heterocycles. The van der Waals surface area contributed by atoms with E-state index in [9.17, 15) is 9.59 Å². The van der Waals surface area contributed by atoms with Crippen molar-refractivity contribution in [1.29, 1.82) is 0 Å². The topological polar surface area (TPSA) is 77.6 Å². The predicted octanol–water partition coefficient (Wildman–Crippen LogP) is 2.33. The summed E-state index contributed by atoms with van der Waals surface area (Å²) in [7, 11) is 0. The molecule has 134 valence electrons. The van der Waals surface area contributed by atoms with Crippen LogP contribution >= 0.6 is 11.6 Å². The molecule has 26 heavy (non-hydrogen) atoms. The molecule has 0 spiro atoms. The zero-order chi connectivity index (χ0) is 18.1. The van der Waals surface area contributed by atoms with Crippen LogP contribution in [0.15, 0.2) is 36.5 Å². The Bertz CT molecular complexity index is 864. The number of rotatable bonds is 2. The summed E-state index contributed by atoms with van der Waals surface area (Å²) in [6.45, 7) is 3.01. The molecule has 0 saturated carbocycles. The summed E-state index contributed by atoms with van der Waals surface area (Å²) in [5.41, 5.74) is 2.24. The average Bonchev–Trinajstić information content (AvgIpc) is 2.67. The Balaban J connectivity index is 1.45. The van der Waals surface area contributed by atoms with E-state index in [0.717, 1.165) is 11.4 Å². The number of carbonyl (C=O) groups is 2. The highest BCUT2D eigenvalue weighted by Gasteiger charge is 2.25. The SMILES string of the molecule is O=C1NCc2ccc(C(=O)N3CCN(c4ncccc4Cl)CC3)cc2N1. The molecule has 7 nitrogen and oxygen atoms in total. The van der Waals surface area contributed by atoms with E-state index in [4.69, 9.17) is 11.6 Å². The van der Waals surface area contributed by atoms with E-state index < -0.39 is 0 Å². The molecule has 0 bridgehead atoms. The summed E-state index contributed by atoms with van der Waals surface area (Å²) in [5.74, 6) is 0.720. The van der Waals surface area contributed by atoms with E-state index in [-0.39, 0.29) is 11.9 Å². The Morgan fingerprint density at radius 1 is 1.15 bits per heavy atom. The smallest absolute Gasteiger partial charge is 0.319 e. The van der Waals surface area contributed by atoms with Gasteiger partial charge >= 0.3 is 6.03 Å². The monoisotopic (exact) mass is 371 g/mol. The van der Waals surface area contributed by atoms with Gasteiger partial charge < -0.3 is 20.4 Å². The van der Waals surface area contributed by atoms with E-state index in [0.29, 0.717) is 49.0 Å². The van der Waals surface area contributed by atoms with Crippen LogP contribution in [-0.2, 0) is 6.54 Å². The lowest BCUT2D eigenvalue weighted by molar-refractivity contribution is 0.0746. The summed E-state index contributed by atoms with van der Waals surface area (Å²) >= 11 is 6.21. The second-order valence-corrected chi connectivity index (χ2v) is 6.67. The summed E-state index contributed by atoms with van der Waals surface area (Å²) in [5, 5.41) is 6.07. The molecule has 1 fully saturated rings. The van der Waals surface area contributed by atoms with Gasteiger partial charge in [-0.05, 0) is 29.8 Å². The fourth-order valence-corrected chi connectivity index (χ4v) is 3.48. The van der Waals surface area contributed by atoms with Crippen LogP contribution in [-0.4, -0.2) is 48.0 Å². The average molecular weight is 372 g/mol. The van der Waals surface area contributed by atoms with Gasteiger partial charge in [-0.1, -0.05) is 17.7 Å². The van der Waals surface area contributed by atoms with Crippen molar-refractivity contribution >= 4 is 35.0 Å². The molecule has 4 rings (SSSR count). The van der Waals surface area contributed by atoms with Crippen LogP contribution in [0.3, 0.4) is 0 Å². The third-order valence-corrected chi connectivity index (χ3v) is 4.94. The number of amides is 3. The van der Waals surface area contributed by atoms with E-state index in [1.165, 1.54) is 0 Å². The number of carbonyl (C=O) groups excluding carboxylic acids is 2. The van der Waals surface area contributed by atoms with E-state index in [1.807, 2.05) is 23.1 Å². The summed E-state index contributed by atoms with van der Waals surface area (Å²) in [4.78, 5) is 32.5. The number of aromatic nitrogens is 1. The van der Waals surface area contributed by atoms with Crippen molar-refractivity contribution in [2.24, 2.45) is 0 Å². The second kappa shape index (κ2) is 6.84. The molecule has 2 aromatic rings. The molecular weight excluding hydrogens is 354 g/mol. The maximum atomic E-state index is 12.8. The second-order valence-electron chi connectivity index (χ2n) is 6.27. The molecule has 1 aromatic carbocycles. The lowest BCUT2D eigenvalue weighted by Crippen LogP contribution is -2.49. The van der Waals surface area contributed by atoms with Gasteiger partial charge in [0.25, 0.3) is 5.91 Å². The number of hydrogen-bond donors (Lipinski definition) is 2. The minimum atomic E-state index is -0.247. The van der Waals surface area contributed by atoms with Crippen LogP contribution in [0, 0.1) is 0 Å². The van der Waals surface area contributed by atoms with Crippen LogP contribution in [0.2, 0.25) is 5.02 Å². The van der Waals surface area contributed by atoms with Gasteiger partial charge in [0.05, 0.1) is 5.02 Å². The molecule has 2 aliphatic rings. The minimum absolute atomic E-state index is 0.0349. The summed E-state index contributed by atoms with van der Waals surface area (Å²) < 4.78 is 0. The Labute approximate surface area is 155 Å². The van der Waals surface area contributed by atoms with Gasteiger partial charge in [-0.3, -0.25) is 4.79 Å². The fourth-order valence-electron chi connectivity index (χ4n) is 3.24. The molecule has 1 aromatic heterocycles. The van der Waals surface area contributed by atoms with E-state index >= 15 is 0 Å². The standard InChI is InChI=1S/C18H18ClN5O2/c19-14-2-1-5-20-16(14)23-6-8-24(9-7-23)17(25)12-3-4-13-11-21-18(26)22-15(13)10-12/h1-5,10H,6-9,11H2,(H2,21,22,26). The number of urea groups is 1. The molecule has 0 unspecified atom stereocenters. The predicted molar refractivity (Wildman–Crippen MR) is 99.7 cm³/mol. The van der Waals surface area contributed by atoms with Gasteiger partial charge in [0.15, 0.2) is 0 Å². The van der Waals surface area contributed by atoms with Crippen molar-refractivity contribution in [2.45, 2.75) is 6.54 Å². The molecule has 3 amide bonds. The van der Waals surface area contributed by atoms with Crippen LogP contribution in [0.25, 0.3) is 0 Å². The van der Waals surface area contributed by atoms with E-state index in [1.54, 1.807) is 18.3 Å². The number of nitrogens with zero attached hydrogens (tertiary/aromatic N) is 3. The first-order valence-corrected chi connectivity index (χ1v) is 8.82. The van der Waals surface area contributed by atoms with Gasteiger partial charge in [0.2, 0.25) is 0 Å². The highest BCUT2D eigenvalue weighted by Crippen LogP contribution is 2.25. The summed E-state index contributed by atoms with van der Waals surface area (Å²) in [6, 6.07) is 8.80. The molecule has 0 atom stereocenters. The van der Waals surface area contributed by atoms with Crippen LogP contribution in [0.4, 0.5) is 16.3 Å². The number of nitrogens with one attached hydrogen (secondary N) is 2. The Kier molecular flexibility index (Phi) is 4.38. The first-order valence-electron chi connectivity index (χ1n) is 8.44. The maximum absolute atomic E-state index is 12.8. The maximum Gasteiger partial charge on any atom is 0.319 e. The first-order chi connectivity index (χ1) is 12.6. The third-order valence-electron chi connectivity index (χ3n) is 4.65. The van der Waals surface area contributed by atoms with Crippen molar-refractivity contribution in [2.75, 3.05) is 36.4 Å².